The molecule has 2 aromatic carbocycles. The molecule has 3 heterocycles. The molecule has 1 amide bonds. The fraction of sp³-hybridized carbons (Fsp3) is 0.355. The van der Waals surface area contributed by atoms with Crippen LogP contribution in [0.1, 0.15) is 40.1 Å². The molecule has 0 aliphatic carbocycles. The highest BCUT2D eigenvalue weighted by molar-refractivity contribution is 7.15. The van der Waals surface area contributed by atoms with E-state index < -0.39 is 0 Å². The summed E-state index contributed by atoms with van der Waals surface area (Å²) in [5.41, 5.74) is 2.40. The fourth-order valence-corrected chi connectivity index (χ4v) is 6.71. The number of amides is 1. The number of benzene rings is 2. The number of carbonyl (C=O) groups is 3. The lowest BCUT2D eigenvalue weighted by molar-refractivity contribution is -0.140. The van der Waals surface area contributed by atoms with Crippen molar-refractivity contribution in [1.29, 1.82) is 0 Å². The summed E-state index contributed by atoms with van der Waals surface area (Å²) in [5.74, 6) is -0.673. The zero-order valence-corrected chi connectivity index (χ0v) is 26.2. The molecule has 1 saturated heterocycles. The minimum Gasteiger partial charge on any atom is -0.469 e. The van der Waals surface area contributed by atoms with Crippen molar-refractivity contribution >= 4 is 73.9 Å². The molecule has 1 atom stereocenters. The van der Waals surface area contributed by atoms with Gasteiger partial charge in [0.05, 0.1) is 42.5 Å². The van der Waals surface area contributed by atoms with Gasteiger partial charge in [-0.05, 0) is 43.0 Å². The van der Waals surface area contributed by atoms with Gasteiger partial charge < -0.3 is 24.3 Å². The minimum atomic E-state index is -0.303. The largest absolute Gasteiger partial charge is 0.469 e. The summed E-state index contributed by atoms with van der Waals surface area (Å²) >= 11 is 14.6. The smallest absolute Gasteiger partial charge is 0.305 e. The van der Waals surface area contributed by atoms with E-state index >= 15 is 0 Å². The molecule has 0 unspecified atom stereocenters. The van der Waals surface area contributed by atoms with E-state index in [0.29, 0.717) is 41.3 Å². The summed E-state index contributed by atoms with van der Waals surface area (Å²) in [6.07, 6.45) is 6.51. The van der Waals surface area contributed by atoms with Gasteiger partial charge in [-0.2, -0.15) is 0 Å². The molecule has 0 radical (unpaired) electrons. The number of Topliss-reactive ketones (excluding diaryl/α,β-unsaturated/α-hetero) is 1. The van der Waals surface area contributed by atoms with Gasteiger partial charge in [-0.3, -0.25) is 14.4 Å². The molecule has 2 aromatic heterocycles. The van der Waals surface area contributed by atoms with Gasteiger partial charge in [-0.15, -0.1) is 11.3 Å². The quantitative estimate of drug-likeness (QED) is 0.186. The predicted octanol–water partition coefficient (Wildman–Crippen LogP) is 6.10. The molecule has 0 bridgehead atoms. The Bertz CT molecular complexity index is 1650. The van der Waals surface area contributed by atoms with E-state index in [-0.39, 0.29) is 41.8 Å². The van der Waals surface area contributed by atoms with Gasteiger partial charge >= 0.3 is 5.97 Å². The normalized spacial score (nSPS) is 14.8. The van der Waals surface area contributed by atoms with Gasteiger partial charge in [-0.1, -0.05) is 41.4 Å². The first-order chi connectivity index (χ1) is 20.7. The van der Waals surface area contributed by atoms with Crippen LogP contribution in [0.2, 0.25) is 10.0 Å². The van der Waals surface area contributed by atoms with Crippen LogP contribution in [0, 0.1) is 0 Å². The van der Waals surface area contributed by atoms with Crippen molar-refractivity contribution in [2.45, 2.75) is 38.1 Å². The number of anilines is 2. The van der Waals surface area contributed by atoms with E-state index in [1.807, 2.05) is 35.9 Å². The number of aryl methyl sites for hydroxylation is 2. The summed E-state index contributed by atoms with van der Waals surface area (Å²) in [6, 6.07) is 10.9. The average Bonchev–Trinajstić information content (AvgIpc) is 3.73. The maximum Gasteiger partial charge on any atom is 0.305 e. The number of halogens is 2. The number of para-hydroxylation sites is 1. The number of methoxy groups -OCH3 is 1. The molecule has 0 saturated carbocycles. The average molecular weight is 644 g/mol. The first-order valence-electron chi connectivity index (χ1n) is 13.9. The van der Waals surface area contributed by atoms with Crippen LogP contribution in [0.3, 0.4) is 0 Å². The van der Waals surface area contributed by atoms with Crippen LogP contribution >= 0.6 is 34.5 Å². The lowest BCUT2D eigenvalue weighted by Crippen LogP contribution is -2.33. The molecule has 1 N–H and O–H groups in total. The Morgan fingerprint density at radius 3 is 2.79 bits per heavy atom. The fourth-order valence-electron chi connectivity index (χ4n) is 5.24. The first kappa shape index (κ1) is 31.0. The van der Waals surface area contributed by atoms with Crippen molar-refractivity contribution in [1.82, 2.24) is 9.55 Å². The number of esters is 1. The number of carbonyl (C=O) groups excluding carboxylic acids is 3. The number of ketones is 1. The molecule has 226 valence electrons. The SMILES string of the molecule is COC(=O)CCc1cnc(N2CCC[C@H]2COCC(=O)Cc2cc(Cl)c(NC(=O)c3cn(C)c4ccccc34)cc2Cl)s1. The van der Waals surface area contributed by atoms with Crippen molar-refractivity contribution in [3.8, 4) is 0 Å². The zero-order chi connectivity index (χ0) is 30.5. The Kier molecular flexibility index (Phi) is 10.0. The molecular formula is C31H32Cl2N4O5S. The Balaban J connectivity index is 1.13. The summed E-state index contributed by atoms with van der Waals surface area (Å²) in [6.45, 7) is 1.21. The highest BCUT2D eigenvalue weighted by atomic mass is 35.5. The third-order valence-corrected chi connectivity index (χ3v) is 9.21. The second-order valence-electron chi connectivity index (χ2n) is 10.5. The van der Waals surface area contributed by atoms with E-state index in [1.165, 1.54) is 7.11 Å². The molecule has 5 rings (SSSR count). The van der Waals surface area contributed by atoms with Crippen molar-refractivity contribution in [2.75, 3.05) is 37.1 Å². The molecule has 1 aliphatic rings. The highest BCUT2D eigenvalue weighted by Gasteiger charge is 2.27. The minimum absolute atomic E-state index is 0.0555. The molecule has 12 heteroatoms. The number of rotatable bonds is 12. The number of ether oxygens (including phenoxy) is 2. The molecule has 0 spiro atoms. The second-order valence-corrected chi connectivity index (χ2v) is 12.4. The van der Waals surface area contributed by atoms with Gasteiger partial charge in [0.15, 0.2) is 10.9 Å². The Hall–Kier alpha value is -3.44. The van der Waals surface area contributed by atoms with Crippen LogP contribution in [-0.4, -0.2) is 60.1 Å². The van der Waals surface area contributed by atoms with Crippen LogP contribution in [-0.2, 0) is 39.0 Å². The first-order valence-corrected chi connectivity index (χ1v) is 15.5. The van der Waals surface area contributed by atoms with Crippen LogP contribution in [0.4, 0.5) is 10.8 Å². The van der Waals surface area contributed by atoms with E-state index in [2.05, 4.69) is 15.2 Å². The van der Waals surface area contributed by atoms with E-state index in [0.717, 1.165) is 40.3 Å². The van der Waals surface area contributed by atoms with Gasteiger partial charge in [0.25, 0.3) is 5.91 Å². The molecule has 9 nitrogen and oxygen atoms in total. The Labute approximate surface area is 263 Å². The van der Waals surface area contributed by atoms with E-state index in [9.17, 15) is 14.4 Å². The molecular weight excluding hydrogens is 611 g/mol. The van der Waals surface area contributed by atoms with Crippen LogP contribution in [0.5, 0.6) is 0 Å². The zero-order valence-electron chi connectivity index (χ0n) is 23.9. The van der Waals surface area contributed by atoms with Gasteiger partial charge in [-0.25, -0.2) is 4.98 Å². The topological polar surface area (TPSA) is 103 Å². The number of hydrogen-bond acceptors (Lipinski definition) is 8. The van der Waals surface area contributed by atoms with E-state index in [4.69, 9.17) is 32.7 Å². The summed E-state index contributed by atoms with van der Waals surface area (Å²) in [7, 11) is 3.27. The molecule has 1 fully saturated rings. The highest BCUT2D eigenvalue weighted by Crippen LogP contribution is 2.32. The Morgan fingerprint density at radius 1 is 1.16 bits per heavy atom. The predicted molar refractivity (Wildman–Crippen MR) is 170 cm³/mol. The number of hydrogen-bond donors (Lipinski definition) is 1. The second kappa shape index (κ2) is 13.9. The van der Waals surface area contributed by atoms with Crippen molar-refractivity contribution in [2.24, 2.45) is 7.05 Å². The van der Waals surface area contributed by atoms with Crippen molar-refractivity contribution < 1.29 is 23.9 Å². The maximum absolute atomic E-state index is 13.1. The third kappa shape index (κ3) is 7.38. The number of nitrogens with zero attached hydrogens (tertiary/aromatic N) is 3. The maximum atomic E-state index is 13.1. The monoisotopic (exact) mass is 642 g/mol. The standard InChI is InChI=1S/C31H32Cl2N4O5S/c1-36-16-24(23-7-3-4-8-28(23)36)30(40)35-27-14-25(32)19(13-26(27)33)12-21(38)18-42-17-20-6-5-11-37(20)31-34-15-22(43-31)9-10-29(39)41-2/h3-4,7-8,13-16,20H,5-6,9-12,17-18H2,1-2H3,(H,35,40)/t20-/m0/s1. The lowest BCUT2D eigenvalue weighted by atomic mass is 10.1. The van der Waals surface area contributed by atoms with Crippen LogP contribution < -0.4 is 10.2 Å². The van der Waals surface area contributed by atoms with Crippen molar-refractivity contribution in [3.05, 3.63) is 74.8 Å². The van der Waals surface area contributed by atoms with Crippen LogP contribution in [0.15, 0.2) is 48.8 Å². The number of thiazole rings is 1. The van der Waals surface area contributed by atoms with Gasteiger partial charge in [0, 0.05) is 53.2 Å². The lowest BCUT2D eigenvalue weighted by Gasteiger charge is -2.23. The van der Waals surface area contributed by atoms with Gasteiger partial charge in [0.2, 0.25) is 0 Å². The summed E-state index contributed by atoms with van der Waals surface area (Å²) in [4.78, 5) is 45.0. The number of aromatic nitrogens is 2. The third-order valence-electron chi connectivity index (χ3n) is 7.45. The van der Waals surface area contributed by atoms with Crippen LogP contribution in [0.25, 0.3) is 10.9 Å². The summed E-state index contributed by atoms with van der Waals surface area (Å²) < 4.78 is 12.4. The van der Waals surface area contributed by atoms with Crippen molar-refractivity contribution in [3.63, 3.8) is 0 Å². The summed E-state index contributed by atoms with van der Waals surface area (Å²) in [5, 5.41) is 5.20. The molecule has 4 aromatic rings. The Morgan fingerprint density at radius 2 is 1.98 bits per heavy atom. The molecule has 43 heavy (non-hydrogen) atoms. The van der Waals surface area contributed by atoms with E-state index in [1.54, 1.807) is 35.9 Å². The molecule has 1 aliphatic heterocycles. The van der Waals surface area contributed by atoms with Gasteiger partial charge in [0.1, 0.15) is 6.61 Å². The number of nitrogens with one attached hydrogen (secondary N) is 1. The number of fused-ring (bicyclic) bond motifs is 1.